The Morgan fingerprint density at radius 2 is 2.02 bits per heavy atom. The van der Waals surface area contributed by atoms with E-state index < -0.39 is 18.2 Å². The molecule has 2 fully saturated rings. The Morgan fingerprint density at radius 3 is 2.73 bits per heavy atom. The van der Waals surface area contributed by atoms with E-state index in [1.54, 1.807) is 21.9 Å². The van der Waals surface area contributed by atoms with Crippen molar-refractivity contribution < 1.29 is 23.9 Å². The number of hydrazine groups is 1. The van der Waals surface area contributed by atoms with E-state index in [-0.39, 0.29) is 57.1 Å². The van der Waals surface area contributed by atoms with Gasteiger partial charge in [0.15, 0.2) is 5.13 Å². The number of hydrogen-bond acceptors (Lipinski definition) is 9. The highest BCUT2D eigenvalue weighted by Gasteiger charge is 2.52. The van der Waals surface area contributed by atoms with Gasteiger partial charge in [-0.1, -0.05) is 71.9 Å². The number of nitrogens with zero attached hydrogens (tertiary/aromatic N) is 5. The molecule has 13 heteroatoms. The summed E-state index contributed by atoms with van der Waals surface area (Å²) in [6.45, 7) is 0.474. The summed E-state index contributed by atoms with van der Waals surface area (Å²) in [5, 5.41) is 6.43. The highest BCUT2D eigenvalue weighted by Crippen LogP contribution is 2.32. The van der Waals surface area contributed by atoms with E-state index in [0.29, 0.717) is 18.0 Å². The molecule has 3 aromatic rings. The minimum Gasteiger partial charge on any atom is -0.377 e. The lowest BCUT2D eigenvalue weighted by Gasteiger charge is -2.46. The van der Waals surface area contributed by atoms with Gasteiger partial charge < -0.3 is 30.4 Å². The van der Waals surface area contributed by atoms with Crippen LogP contribution in [0.4, 0.5) is 9.93 Å². The largest absolute Gasteiger partial charge is 0.377 e. The number of methoxy groups -OCH3 is 1. The molecule has 0 spiro atoms. The highest BCUT2D eigenvalue weighted by atomic mass is 32.1. The number of amides is 4. The number of ether oxygens (including phenoxy) is 1. The Kier molecular flexibility index (Phi) is 9.86. The number of aromatic nitrogens is 1. The standard InChI is InChI=1S/C35H37N7O5S/c1-3-16-40(35(46)37-19-25-11-13-27(47-2)14-12-25)41-22-31(44)42-28(18-24-9-7-23(8-10-24)15-17-43)33(45)39(21-30(41)42)20-26-5-4-6-29-32(26)38-34(36)48-29/h1,4-13,17,27-28,30H,14-16,18-22H2,2H3,(H2,36,38)(H,37,46)/t27?,28-,30+/m0/s1. The molecule has 248 valence electrons. The van der Waals surface area contributed by atoms with Crippen LogP contribution in [0.2, 0.25) is 0 Å². The second-order valence-electron chi connectivity index (χ2n) is 11.9. The van der Waals surface area contributed by atoms with Crippen molar-refractivity contribution in [3.8, 4) is 12.3 Å². The van der Waals surface area contributed by atoms with Crippen molar-refractivity contribution in [2.24, 2.45) is 0 Å². The maximum absolute atomic E-state index is 14.3. The van der Waals surface area contributed by atoms with Crippen molar-refractivity contribution in [2.45, 2.75) is 44.1 Å². The number of nitrogens with two attached hydrogens (primary N) is 1. The van der Waals surface area contributed by atoms with E-state index in [4.69, 9.17) is 16.9 Å². The van der Waals surface area contributed by atoms with Crippen LogP contribution in [0.15, 0.2) is 66.3 Å². The lowest BCUT2D eigenvalue weighted by Crippen LogP contribution is -2.66. The average Bonchev–Trinajstić information content (AvgIpc) is 3.64. The van der Waals surface area contributed by atoms with Crippen LogP contribution >= 0.6 is 11.3 Å². The van der Waals surface area contributed by atoms with E-state index in [1.807, 2.05) is 60.7 Å². The monoisotopic (exact) mass is 667 g/mol. The summed E-state index contributed by atoms with van der Waals surface area (Å²) < 4.78 is 6.27. The SMILES string of the molecule is C#CCN(C(=O)NCC1=CCC(OC)C=C1)N1CC(=O)N2[C@@H](Cc3ccc(CC=O)cc3)C(=O)N(Cc3cccc4sc(N)nc34)C[C@@H]21. The first-order chi connectivity index (χ1) is 23.3. The predicted octanol–water partition coefficient (Wildman–Crippen LogP) is 2.50. The quantitative estimate of drug-likeness (QED) is 0.235. The summed E-state index contributed by atoms with van der Waals surface area (Å²) >= 11 is 1.38. The van der Waals surface area contributed by atoms with E-state index in [9.17, 15) is 19.2 Å². The number of thiazole rings is 1. The number of carbonyl (C=O) groups is 4. The van der Waals surface area contributed by atoms with Gasteiger partial charge >= 0.3 is 6.03 Å². The lowest BCUT2D eigenvalue weighted by atomic mass is 9.98. The van der Waals surface area contributed by atoms with Crippen molar-refractivity contribution in [3.63, 3.8) is 0 Å². The van der Waals surface area contributed by atoms with Crippen LogP contribution in [0.25, 0.3) is 10.2 Å². The number of aldehydes is 1. The van der Waals surface area contributed by atoms with Crippen LogP contribution in [-0.2, 0) is 38.5 Å². The molecular formula is C35H37N7O5S. The molecule has 6 rings (SSSR count). The zero-order valence-electron chi connectivity index (χ0n) is 26.6. The Balaban J connectivity index is 1.28. The second kappa shape index (κ2) is 14.4. The summed E-state index contributed by atoms with van der Waals surface area (Å²) in [5.41, 5.74) is 10.2. The average molecular weight is 668 g/mol. The lowest BCUT2D eigenvalue weighted by molar-refractivity contribution is -0.157. The number of nitrogen functional groups attached to an aromatic ring is 1. The molecule has 48 heavy (non-hydrogen) atoms. The fourth-order valence-corrected chi connectivity index (χ4v) is 7.25. The molecule has 4 amide bonds. The first kappa shape index (κ1) is 32.9. The summed E-state index contributed by atoms with van der Waals surface area (Å²) in [5.74, 6) is 2.07. The molecular weight excluding hydrogens is 630 g/mol. The fraction of sp³-hybridized carbons (Fsp3) is 0.343. The zero-order valence-corrected chi connectivity index (χ0v) is 27.4. The minimum atomic E-state index is -0.833. The summed E-state index contributed by atoms with van der Waals surface area (Å²) in [6, 6.07) is 11.9. The molecule has 1 aromatic heterocycles. The Morgan fingerprint density at radius 1 is 1.23 bits per heavy atom. The normalized spacial score (nSPS) is 20.8. The van der Waals surface area contributed by atoms with Gasteiger partial charge in [0, 0.05) is 33.0 Å². The van der Waals surface area contributed by atoms with Crippen LogP contribution in [0.5, 0.6) is 0 Å². The number of fused-ring (bicyclic) bond motifs is 2. The molecule has 0 radical (unpaired) electrons. The molecule has 12 nitrogen and oxygen atoms in total. The first-order valence-electron chi connectivity index (χ1n) is 15.7. The van der Waals surface area contributed by atoms with Crippen molar-refractivity contribution in [1.29, 1.82) is 0 Å². The minimum absolute atomic E-state index is 0.00280. The van der Waals surface area contributed by atoms with Gasteiger partial charge in [0.25, 0.3) is 0 Å². The Bertz CT molecular complexity index is 1810. The molecule has 2 aromatic carbocycles. The molecule has 2 saturated heterocycles. The highest BCUT2D eigenvalue weighted by molar-refractivity contribution is 7.22. The van der Waals surface area contributed by atoms with Crippen molar-refractivity contribution in [3.05, 3.63) is 83.0 Å². The zero-order chi connectivity index (χ0) is 33.8. The second-order valence-corrected chi connectivity index (χ2v) is 13.0. The molecule has 3 atom stereocenters. The third-order valence-corrected chi connectivity index (χ3v) is 9.74. The molecule has 0 bridgehead atoms. The molecule has 3 N–H and O–H groups in total. The fourth-order valence-electron chi connectivity index (χ4n) is 6.46. The van der Waals surface area contributed by atoms with Gasteiger partial charge in [-0.3, -0.25) is 9.59 Å². The number of nitrogens with one attached hydrogen (secondary N) is 1. The number of piperazine rings is 1. The topological polar surface area (TPSA) is 141 Å². The molecule has 2 aliphatic heterocycles. The van der Waals surface area contributed by atoms with Crippen molar-refractivity contribution in [2.75, 3.05) is 39.0 Å². The number of carbonyl (C=O) groups excluding carboxylic acids is 4. The maximum atomic E-state index is 14.3. The van der Waals surface area contributed by atoms with E-state index in [2.05, 4.69) is 16.2 Å². The van der Waals surface area contributed by atoms with Gasteiger partial charge in [-0.2, -0.15) is 5.01 Å². The third-order valence-electron chi connectivity index (χ3n) is 8.89. The van der Waals surface area contributed by atoms with Crippen LogP contribution in [0.3, 0.4) is 0 Å². The molecule has 3 aliphatic rings. The summed E-state index contributed by atoms with van der Waals surface area (Å²) in [7, 11) is 1.65. The van der Waals surface area contributed by atoms with Gasteiger partial charge in [0.1, 0.15) is 18.5 Å². The van der Waals surface area contributed by atoms with Crippen LogP contribution < -0.4 is 11.1 Å². The number of terminal acetylenes is 1. The van der Waals surface area contributed by atoms with Crippen molar-refractivity contribution in [1.82, 2.24) is 30.1 Å². The van der Waals surface area contributed by atoms with Crippen LogP contribution in [0, 0.1) is 12.3 Å². The Labute approximate surface area is 282 Å². The van der Waals surface area contributed by atoms with Gasteiger partial charge in [-0.05, 0) is 34.8 Å². The number of para-hydroxylation sites is 1. The van der Waals surface area contributed by atoms with Gasteiger partial charge in [0.05, 0.1) is 36.0 Å². The number of hydrogen-bond donors (Lipinski definition) is 2. The van der Waals surface area contributed by atoms with Gasteiger partial charge in [-0.15, -0.1) is 6.42 Å². The van der Waals surface area contributed by atoms with E-state index >= 15 is 0 Å². The van der Waals surface area contributed by atoms with Crippen LogP contribution in [-0.4, -0.2) is 101 Å². The predicted molar refractivity (Wildman–Crippen MR) is 182 cm³/mol. The van der Waals surface area contributed by atoms with Crippen LogP contribution in [0.1, 0.15) is 23.1 Å². The smallest absolute Gasteiger partial charge is 0.333 e. The van der Waals surface area contributed by atoms with E-state index in [0.717, 1.165) is 38.8 Å². The summed E-state index contributed by atoms with van der Waals surface area (Å²) in [6.07, 6.45) is 13.1. The summed E-state index contributed by atoms with van der Waals surface area (Å²) in [4.78, 5) is 60.5. The number of rotatable bonds is 11. The van der Waals surface area contributed by atoms with E-state index in [1.165, 1.54) is 16.3 Å². The molecule has 1 aliphatic carbocycles. The van der Waals surface area contributed by atoms with Crippen molar-refractivity contribution >= 4 is 50.8 Å². The number of urea groups is 1. The Hall–Kier alpha value is -5.03. The number of anilines is 1. The molecule has 1 unspecified atom stereocenters. The maximum Gasteiger partial charge on any atom is 0.333 e. The third kappa shape index (κ3) is 6.82. The first-order valence-corrected chi connectivity index (χ1v) is 16.5. The molecule has 3 heterocycles. The number of benzene rings is 2. The van der Waals surface area contributed by atoms with Gasteiger partial charge in [-0.25, -0.2) is 14.8 Å². The van der Waals surface area contributed by atoms with Gasteiger partial charge in [0.2, 0.25) is 11.8 Å². The molecule has 0 saturated carbocycles.